The monoisotopic (exact) mass is 304 g/mol. The Bertz CT molecular complexity index is 842. The van der Waals surface area contributed by atoms with Crippen molar-refractivity contribution in [2.45, 2.75) is 20.5 Å². The fourth-order valence-corrected chi connectivity index (χ4v) is 2.20. The molecule has 5 heteroatoms. The van der Waals surface area contributed by atoms with Gasteiger partial charge in [-0.15, -0.1) is 5.10 Å². The molecule has 0 atom stereocenters. The highest BCUT2D eigenvalue weighted by molar-refractivity contribution is 5.38. The molecule has 0 spiro atoms. The summed E-state index contributed by atoms with van der Waals surface area (Å²) >= 11 is 0. The van der Waals surface area contributed by atoms with Crippen LogP contribution in [0.25, 0.3) is 5.69 Å². The molecule has 23 heavy (non-hydrogen) atoms. The largest absolute Gasteiger partial charge is 0.487 e. The van der Waals surface area contributed by atoms with E-state index in [0.717, 1.165) is 17.0 Å². The van der Waals surface area contributed by atoms with E-state index >= 15 is 0 Å². The average Bonchev–Trinajstić information content (AvgIpc) is 2.98. The van der Waals surface area contributed by atoms with Crippen LogP contribution in [-0.4, -0.2) is 15.0 Å². The number of benzene rings is 2. The van der Waals surface area contributed by atoms with E-state index in [1.54, 1.807) is 4.68 Å². The van der Waals surface area contributed by atoms with Gasteiger partial charge in [0.05, 0.1) is 5.69 Å². The van der Waals surface area contributed by atoms with Crippen molar-refractivity contribution in [1.29, 1.82) is 5.26 Å². The number of ether oxygens (including phenoxy) is 1. The SMILES string of the molecule is Cc1ccc(OCc2c(C#N)nnn2-c2ccc(C)cc2)cc1. The van der Waals surface area contributed by atoms with E-state index in [1.807, 2.05) is 62.4 Å². The van der Waals surface area contributed by atoms with Gasteiger partial charge in [-0.2, -0.15) is 5.26 Å². The highest BCUT2D eigenvalue weighted by atomic mass is 16.5. The summed E-state index contributed by atoms with van der Waals surface area (Å²) in [6.45, 7) is 4.27. The van der Waals surface area contributed by atoms with Crippen LogP contribution >= 0.6 is 0 Å². The number of rotatable bonds is 4. The Morgan fingerprint density at radius 3 is 2.22 bits per heavy atom. The first kappa shape index (κ1) is 14.8. The second-order valence-corrected chi connectivity index (χ2v) is 5.35. The van der Waals surface area contributed by atoms with E-state index in [2.05, 4.69) is 16.4 Å². The lowest BCUT2D eigenvalue weighted by atomic mass is 10.2. The molecule has 3 rings (SSSR count). The number of aromatic nitrogens is 3. The van der Waals surface area contributed by atoms with Crippen molar-refractivity contribution in [3.63, 3.8) is 0 Å². The summed E-state index contributed by atoms with van der Waals surface area (Å²) in [5.41, 5.74) is 4.09. The third kappa shape index (κ3) is 3.22. The molecule has 0 aliphatic heterocycles. The lowest BCUT2D eigenvalue weighted by Crippen LogP contribution is -2.07. The summed E-state index contributed by atoms with van der Waals surface area (Å²) in [4.78, 5) is 0. The van der Waals surface area contributed by atoms with Crippen molar-refractivity contribution in [1.82, 2.24) is 15.0 Å². The fraction of sp³-hybridized carbons (Fsp3) is 0.167. The van der Waals surface area contributed by atoms with Gasteiger partial charge in [0.2, 0.25) is 0 Å². The Kier molecular flexibility index (Phi) is 4.07. The topological polar surface area (TPSA) is 63.7 Å². The third-order valence-corrected chi connectivity index (χ3v) is 3.54. The van der Waals surface area contributed by atoms with E-state index in [0.29, 0.717) is 5.69 Å². The maximum Gasteiger partial charge on any atom is 0.189 e. The molecule has 1 aromatic heterocycles. The second-order valence-electron chi connectivity index (χ2n) is 5.35. The standard InChI is InChI=1S/C18H16N4O/c1-13-3-7-15(8-4-13)22-18(17(11-19)20-21-22)12-23-16-9-5-14(2)6-10-16/h3-10H,12H2,1-2H3. The van der Waals surface area contributed by atoms with Crippen LogP contribution in [-0.2, 0) is 6.61 Å². The smallest absolute Gasteiger partial charge is 0.189 e. The van der Waals surface area contributed by atoms with Crippen LogP contribution in [0.15, 0.2) is 48.5 Å². The molecule has 0 amide bonds. The molecule has 0 unspecified atom stereocenters. The maximum atomic E-state index is 9.23. The first-order valence-electron chi connectivity index (χ1n) is 7.28. The van der Waals surface area contributed by atoms with Crippen LogP contribution in [0.2, 0.25) is 0 Å². The summed E-state index contributed by atoms with van der Waals surface area (Å²) in [5.74, 6) is 0.746. The van der Waals surface area contributed by atoms with Crippen molar-refractivity contribution < 1.29 is 4.74 Å². The summed E-state index contributed by atoms with van der Waals surface area (Å²) < 4.78 is 7.43. The molecule has 0 bridgehead atoms. The van der Waals surface area contributed by atoms with Gasteiger partial charge in [0.15, 0.2) is 5.69 Å². The van der Waals surface area contributed by atoms with Gasteiger partial charge in [0.1, 0.15) is 24.1 Å². The predicted octanol–water partition coefficient (Wildman–Crippen LogP) is 3.33. The van der Waals surface area contributed by atoms with E-state index in [-0.39, 0.29) is 12.3 Å². The molecule has 0 aliphatic rings. The van der Waals surface area contributed by atoms with E-state index in [9.17, 15) is 5.26 Å². The van der Waals surface area contributed by atoms with Crippen molar-refractivity contribution in [3.8, 4) is 17.5 Å². The molecule has 0 fully saturated rings. The molecule has 0 saturated heterocycles. The van der Waals surface area contributed by atoms with Gasteiger partial charge in [-0.25, -0.2) is 4.68 Å². The van der Waals surface area contributed by atoms with Crippen molar-refractivity contribution in [2.24, 2.45) is 0 Å². The Labute approximate surface area is 134 Å². The van der Waals surface area contributed by atoms with Crippen LogP contribution in [0.4, 0.5) is 0 Å². The molecular formula is C18H16N4O. The lowest BCUT2D eigenvalue weighted by Gasteiger charge is -2.09. The van der Waals surface area contributed by atoms with Crippen LogP contribution < -0.4 is 4.74 Å². The summed E-state index contributed by atoms with van der Waals surface area (Å²) in [5, 5.41) is 17.2. The minimum Gasteiger partial charge on any atom is -0.487 e. The highest BCUT2D eigenvalue weighted by Crippen LogP contribution is 2.17. The van der Waals surface area contributed by atoms with Crippen LogP contribution in [0.1, 0.15) is 22.5 Å². The molecule has 3 aromatic rings. The van der Waals surface area contributed by atoms with Crippen LogP contribution in [0, 0.1) is 25.2 Å². The number of aryl methyl sites for hydroxylation is 2. The van der Waals surface area contributed by atoms with Gasteiger partial charge in [0.25, 0.3) is 0 Å². The van der Waals surface area contributed by atoms with Gasteiger partial charge < -0.3 is 4.74 Å². The first-order valence-corrected chi connectivity index (χ1v) is 7.28. The molecular weight excluding hydrogens is 288 g/mol. The Balaban J connectivity index is 1.88. The number of nitriles is 1. The average molecular weight is 304 g/mol. The normalized spacial score (nSPS) is 10.3. The maximum absolute atomic E-state index is 9.23. The minimum absolute atomic E-state index is 0.229. The quantitative estimate of drug-likeness (QED) is 0.741. The van der Waals surface area contributed by atoms with E-state index < -0.39 is 0 Å². The highest BCUT2D eigenvalue weighted by Gasteiger charge is 2.14. The van der Waals surface area contributed by atoms with Gasteiger partial charge >= 0.3 is 0 Å². The van der Waals surface area contributed by atoms with Crippen molar-refractivity contribution in [3.05, 3.63) is 71.0 Å². The molecule has 0 N–H and O–H groups in total. The molecule has 2 aromatic carbocycles. The fourth-order valence-electron chi connectivity index (χ4n) is 2.20. The van der Waals surface area contributed by atoms with Crippen molar-refractivity contribution in [2.75, 3.05) is 0 Å². The predicted molar refractivity (Wildman–Crippen MR) is 86.3 cm³/mol. The summed E-state index contributed by atoms with van der Waals surface area (Å²) in [7, 11) is 0. The first-order chi connectivity index (χ1) is 11.2. The van der Waals surface area contributed by atoms with Crippen LogP contribution in [0.3, 0.4) is 0 Å². The zero-order valence-electron chi connectivity index (χ0n) is 13.0. The van der Waals surface area contributed by atoms with Gasteiger partial charge in [0, 0.05) is 0 Å². The molecule has 114 valence electrons. The Morgan fingerprint density at radius 2 is 1.61 bits per heavy atom. The van der Waals surface area contributed by atoms with Gasteiger partial charge in [-0.1, -0.05) is 40.6 Å². The zero-order valence-corrected chi connectivity index (χ0v) is 13.0. The van der Waals surface area contributed by atoms with Crippen LogP contribution in [0.5, 0.6) is 5.75 Å². The van der Waals surface area contributed by atoms with E-state index in [1.165, 1.54) is 5.56 Å². The summed E-state index contributed by atoms with van der Waals surface area (Å²) in [6, 6.07) is 17.7. The summed E-state index contributed by atoms with van der Waals surface area (Å²) in [6.07, 6.45) is 0. The Morgan fingerprint density at radius 1 is 1.00 bits per heavy atom. The third-order valence-electron chi connectivity index (χ3n) is 3.54. The molecule has 0 saturated carbocycles. The Hall–Kier alpha value is -3.13. The molecule has 0 aliphatic carbocycles. The molecule has 1 heterocycles. The van der Waals surface area contributed by atoms with Gasteiger partial charge in [-0.05, 0) is 38.1 Å². The number of nitrogens with zero attached hydrogens (tertiary/aromatic N) is 4. The van der Waals surface area contributed by atoms with Crippen molar-refractivity contribution >= 4 is 0 Å². The van der Waals surface area contributed by atoms with Gasteiger partial charge in [-0.3, -0.25) is 0 Å². The number of hydrogen-bond acceptors (Lipinski definition) is 4. The van der Waals surface area contributed by atoms with E-state index in [4.69, 9.17) is 4.74 Å². The minimum atomic E-state index is 0.229. The number of hydrogen-bond donors (Lipinski definition) is 0. The lowest BCUT2D eigenvalue weighted by molar-refractivity contribution is 0.297. The second kappa shape index (κ2) is 6.32. The zero-order chi connectivity index (χ0) is 16.2. The molecule has 5 nitrogen and oxygen atoms in total. The molecule has 0 radical (unpaired) electrons.